The zero-order valence-electron chi connectivity index (χ0n) is 18.6. The van der Waals surface area contributed by atoms with Gasteiger partial charge in [-0.1, -0.05) is 18.2 Å². The number of hydrogen-bond acceptors (Lipinski definition) is 8. The summed E-state index contributed by atoms with van der Waals surface area (Å²) in [6, 6.07) is 2.66. The summed E-state index contributed by atoms with van der Waals surface area (Å²) in [6.07, 6.45) is -4.83. The molecule has 0 bridgehead atoms. The van der Waals surface area contributed by atoms with Gasteiger partial charge in [0.25, 0.3) is 21.8 Å². The first-order valence-corrected chi connectivity index (χ1v) is 11.4. The molecule has 0 saturated carbocycles. The lowest BCUT2D eigenvalue weighted by Crippen LogP contribution is -2.38. The Morgan fingerprint density at radius 2 is 1.88 bits per heavy atom. The Balaban J connectivity index is 2.23. The quantitative estimate of drug-likeness (QED) is 0.354. The Bertz CT molecular complexity index is 1230. The number of anilines is 1. The van der Waals surface area contributed by atoms with Gasteiger partial charge in [0, 0.05) is 30.7 Å². The van der Waals surface area contributed by atoms with Crippen molar-refractivity contribution in [2.24, 2.45) is 21.6 Å². The number of rotatable bonds is 6. The van der Waals surface area contributed by atoms with E-state index in [9.17, 15) is 30.7 Å². The molecule has 2 atom stereocenters. The Labute approximate surface area is 191 Å². The lowest BCUT2D eigenvalue weighted by molar-refractivity contribution is -0.144. The van der Waals surface area contributed by atoms with Gasteiger partial charge >= 0.3 is 11.9 Å². The molecule has 0 saturated heterocycles. The van der Waals surface area contributed by atoms with Crippen LogP contribution < -0.4 is 4.90 Å². The summed E-state index contributed by atoms with van der Waals surface area (Å²) in [6.45, 7) is 8.18. The molecule has 1 aliphatic heterocycles. The monoisotopic (exact) mass is 513 g/mol. The van der Waals surface area contributed by atoms with Crippen molar-refractivity contribution in [3.8, 4) is 0 Å². The lowest BCUT2D eigenvalue weighted by atomic mass is 9.81. The zero-order chi connectivity index (χ0) is 25.6. The molecule has 1 aromatic heterocycles. The highest BCUT2D eigenvalue weighted by atomic mass is 32.2. The van der Waals surface area contributed by atoms with Gasteiger partial charge in [0.05, 0.1) is 0 Å². The highest BCUT2D eigenvalue weighted by Crippen LogP contribution is 2.49. The number of nitrogens with zero attached hydrogens (tertiary/aromatic N) is 7. The number of aromatic nitrogens is 3. The predicted octanol–water partition coefficient (Wildman–Crippen LogP) is 5.89. The molecular formula is C18H21F6N7O2S. The van der Waals surface area contributed by atoms with Gasteiger partial charge < -0.3 is 4.90 Å². The lowest BCUT2D eigenvalue weighted by Gasteiger charge is -2.30. The Kier molecular flexibility index (Phi) is 6.69. The Morgan fingerprint density at radius 1 is 1.24 bits per heavy atom. The van der Waals surface area contributed by atoms with Crippen molar-refractivity contribution in [1.82, 2.24) is 14.8 Å². The number of fused-ring (bicyclic) bond motifs is 1. The van der Waals surface area contributed by atoms with Gasteiger partial charge in [-0.05, 0) is 36.1 Å². The van der Waals surface area contributed by atoms with Crippen molar-refractivity contribution in [1.29, 1.82) is 0 Å². The fourth-order valence-electron chi connectivity index (χ4n) is 3.64. The zero-order valence-corrected chi connectivity index (χ0v) is 19.5. The van der Waals surface area contributed by atoms with Crippen molar-refractivity contribution >= 4 is 33.0 Å². The van der Waals surface area contributed by atoms with Gasteiger partial charge in [0.1, 0.15) is 11.4 Å². The van der Waals surface area contributed by atoms with Crippen LogP contribution in [0.2, 0.25) is 0 Å². The first-order chi connectivity index (χ1) is 15.7. The van der Waals surface area contributed by atoms with Crippen LogP contribution in [0, 0.1) is 0 Å². The number of hydrogen-bond donors (Lipinski definition) is 0. The molecule has 2 heterocycles. The first-order valence-electron chi connectivity index (χ1n) is 9.85. The second-order valence-corrected chi connectivity index (χ2v) is 9.72. The SMILES string of the molecule is CCN1c2cc(N=S(=O)(OF)C(F)F)c(N=Nc3nc(C(F)(F)F)nn3C)cc2C(C)(C)C1C. The number of likely N-dealkylation sites (N-methyl/N-ethyl adjacent to an activating group) is 1. The van der Waals surface area contributed by atoms with E-state index >= 15 is 0 Å². The Hall–Kier alpha value is -2.75. The molecule has 1 aromatic carbocycles. The van der Waals surface area contributed by atoms with E-state index in [0.29, 0.717) is 22.5 Å². The predicted molar refractivity (Wildman–Crippen MR) is 111 cm³/mol. The van der Waals surface area contributed by atoms with Gasteiger partial charge in [-0.3, -0.25) is 0 Å². The summed E-state index contributed by atoms with van der Waals surface area (Å²) in [4.78, 5) is 5.19. The summed E-state index contributed by atoms with van der Waals surface area (Å²) >= 11 is 0. The highest BCUT2D eigenvalue weighted by Gasteiger charge is 2.42. The van der Waals surface area contributed by atoms with E-state index in [1.54, 1.807) is 0 Å². The van der Waals surface area contributed by atoms with Crippen LogP contribution in [0.25, 0.3) is 0 Å². The molecule has 0 aliphatic carbocycles. The van der Waals surface area contributed by atoms with Crippen molar-refractivity contribution in [2.45, 2.75) is 51.1 Å². The van der Waals surface area contributed by atoms with Gasteiger partial charge in [-0.15, -0.1) is 15.3 Å². The second-order valence-electron chi connectivity index (χ2n) is 8.03. The fourth-order valence-corrected chi connectivity index (χ4v) is 4.22. The number of aryl methyl sites for hydroxylation is 1. The third kappa shape index (κ3) is 4.47. The molecule has 0 spiro atoms. The third-order valence-corrected chi connectivity index (χ3v) is 6.81. The number of alkyl halides is 5. The highest BCUT2D eigenvalue weighted by molar-refractivity contribution is 7.89. The van der Waals surface area contributed by atoms with Crippen LogP contribution in [0.3, 0.4) is 0 Å². The van der Waals surface area contributed by atoms with E-state index in [-0.39, 0.29) is 11.7 Å². The average molecular weight is 513 g/mol. The topological polar surface area (TPSA) is 97.3 Å². The molecule has 188 valence electrons. The van der Waals surface area contributed by atoms with E-state index in [2.05, 4.69) is 29.1 Å². The van der Waals surface area contributed by atoms with Crippen LogP contribution in [0.4, 0.5) is 49.5 Å². The minimum atomic E-state index is -5.09. The van der Waals surface area contributed by atoms with Crippen LogP contribution >= 0.6 is 0 Å². The maximum Gasteiger partial charge on any atom is 0.453 e. The van der Waals surface area contributed by atoms with Crippen LogP contribution in [0.5, 0.6) is 0 Å². The minimum Gasteiger partial charge on any atom is -0.368 e. The molecule has 3 rings (SSSR count). The van der Waals surface area contributed by atoms with Crippen molar-refractivity contribution in [2.75, 3.05) is 11.4 Å². The molecule has 34 heavy (non-hydrogen) atoms. The summed E-state index contributed by atoms with van der Waals surface area (Å²) in [7, 11) is -3.94. The van der Waals surface area contributed by atoms with E-state index < -0.39 is 44.8 Å². The fraction of sp³-hybridized carbons (Fsp3) is 0.556. The largest absolute Gasteiger partial charge is 0.453 e. The van der Waals surface area contributed by atoms with Gasteiger partial charge in [0.15, 0.2) is 0 Å². The second kappa shape index (κ2) is 8.79. The molecule has 0 radical (unpaired) electrons. The molecule has 0 amide bonds. The van der Waals surface area contributed by atoms with Gasteiger partial charge in [0.2, 0.25) is 0 Å². The Morgan fingerprint density at radius 3 is 2.38 bits per heavy atom. The minimum absolute atomic E-state index is 0.0579. The van der Waals surface area contributed by atoms with Gasteiger partial charge in [-0.2, -0.15) is 31.3 Å². The van der Waals surface area contributed by atoms with E-state index in [1.807, 2.05) is 32.6 Å². The molecule has 16 heteroatoms. The van der Waals surface area contributed by atoms with Crippen molar-refractivity contribution in [3.05, 3.63) is 23.5 Å². The molecular weight excluding hydrogens is 492 g/mol. The number of azo groups is 1. The smallest absolute Gasteiger partial charge is 0.368 e. The van der Waals surface area contributed by atoms with E-state index in [1.165, 1.54) is 12.1 Å². The number of halogens is 6. The molecule has 2 aromatic rings. The molecule has 1 aliphatic rings. The van der Waals surface area contributed by atoms with Gasteiger partial charge in [-0.25, -0.2) is 8.89 Å². The van der Waals surface area contributed by atoms with E-state index in [4.69, 9.17) is 0 Å². The van der Waals surface area contributed by atoms with Crippen LogP contribution in [-0.2, 0) is 33.0 Å². The number of benzene rings is 1. The maximum absolute atomic E-state index is 13.2. The molecule has 9 nitrogen and oxygen atoms in total. The van der Waals surface area contributed by atoms with Crippen LogP contribution in [0.1, 0.15) is 39.1 Å². The average Bonchev–Trinajstić information content (AvgIpc) is 3.21. The maximum atomic E-state index is 13.2. The van der Waals surface area contributed by atoms with Crippen LogP contribution in [-0.4, -0.2) is 37.3 Å². The normalized spacial score (nSPS) is 19.6. The first kappa shape index (κ1) is 25.9. The van der Waals surface area contributed by atoms with Crippen molar-refractivity contribution in [3.63, 3.8) is 0 Å². The standard InChI is InChI=1S/C18H21F6N7O2S/c1-6-31-9(2)17(3,4)10-7-11(12(8-13(10)31)29-34(32,33-24)15(19)20)26-27-16-25-14(18(21,22)23)28-30(16)5/h7-9,15H,6H2,1-5H3. The summed E-state index contributed by atoms with van der Waals surface area (Å²) in [5.41, 5.74) is 0.0910. The molecule has 2 unspecified atom stereocenters. The van der Waals surface area contributed by atoms with E-state index in [0.717, 1.165) is 7.05 Å². The summed E-state index contributed by atoms with van der Waals surface area (Å²) in [5, 5.41) is 10.6. The molecule has 0 N–H and O–H groups in total. The van der Waals surface area contributed by atoms with Crippen molar-refractivity contribution < 1.29 is 35.1 Å². The molecule has 0 fully saturated rings. The summed E-state index contributed by atoms with van der Waals surface area (Å²) < 4.78 is 96.9. The van der Waals surface area contributed by atoms with Crippen LogP contribution in [0.15, 0.2) is 26.7 Å². The third-order valence-electron chi connectivity index (χ3n) is 5.73. The summed E-state index contributed by atoms with van der Waals surface area (Å²) in [5.74, 6) is -5.79.